The number of benzene rings is 1. The summed E-state index contributed by atoms with van der Waals surface area (Å²) in [7, 11) is 0. The Morgan fingerprint density at radius 2 is 1.93 bits per heavy atom. The summed E-state index contributed by atoms with van der Waals surface area (Å²) < 4.78 is 11.4. The van der Waals surface area contributed by atoms with Crippen LogP contribution >= 0.6 is 0 Å². The minimum absolute atomic E-state index is 0.270. The molecule has 1 aromatic heterocycles. The normalized spacial score (nSPS) is 16.1. The maximum atomic E-state index is 12.6. The molecule has 1 heterocycles. The standard InChI is InChI=1S/C22H27NO6/c1-5-12(3)19(21(25)26)23-20(24)13(4)28-16-9-11(2)10-17-18(16)14-7-6-8-15(14)22(27)29-17/h9-10,12-13,19H,5-8H2,1-4H3,(H,23,24)(H,25,26)/p-1/t12-,13-,19-/m0/s1. The molecular weight excluding hydrogens is 374 g/mol. The van der Waals surface area contributed by atoms with Crippen LogP contribution in [0.1, 0.15) is 50.3 Å². The van der Waals surface area contributed by atoms with Crippen LogP contribution < -0.4 is 20.8 Å². The Morgan fingerprint density at radius 3 is 2.59 bits per heavy atom. The van der Waals surface area contributed by atoms with Gasteiger partial charge in [0.15, 0.2) is 6.10 Å². The van der Waals surface area contributed by atoms with E-state index in [-0.39, 0.29) is 11.5 Å². The molecule has 0 unspecified atom stereocenters. The Balaban J connectivity index is 1.91. The van der Waals surface area contributed by atoms with Gasteiger partial charge in [-0.05, 0) is 62.3 Å². The van der Waals surface area contributed by atoms with E-state index in [9.17, 15) is 19.5 Å². The maximum absolute atomic E-state index is 12.6. The highest BCUT2D eigenvalue weighted by Crippen LogP contribution is 2.35. The van der Waals surface area contributed by atoms with Gasteiger partial charge in [-0.15, -0.1) is 0 Å². The second-order valence-corrected chi connectivity index (χ2v) is 7.79. The average molecular weight is 400 g/mol. The number of hydrogen-bond donors (Lipinski definition) is 1. The van der Waals surface area contributed by atoms with E-state index < -0.39 is 24.0 Å². The SMILES string of the molecule is CC[C@H](C)[C@H](NC(=O)[C@H](C)Oc1cc(C)cc2oc(=O)c3c(c12)CCC3)C(=O)[O-]. The van der Waals surface area contributed by atoms with Gasteiger partial charge in [-0.1, -0.05) is 20.3 Å². The molecule has 7 heteroatoms. The summed E-state index contributed by atoms with van der Waals surface area (Å²) in [6, 6.07) is 2.49. The van der Waals surface area contributed by atoms with E-state index in [0.29, 0.717) is 35.1 Å². The Bertz CT molecular complexity index is 1010. The fourth-order valence-electron chi connectivity index (χ4n) is 3.78. The number of carbonyl (C=O) groups excluding carboxylic acids is 2. The van der Waals surface area contributed by atoms with Crippen molar-refractivity contribution >= 4 is 22.8 Å². The van der Waals surface area contributed by atoms with Crippen molar-refractivity contribution in [1.82, 2.24) is 5.32 Å². The van der Waals surface area contributed by atoms with Crippen molar-refractivity contribution in [2.24, 2.45) is 5.92 Å². The number of rotatable bonds is 7. The van der Waals surface area contributed by atoms with Crippen LogP contribution in [0, 0.1) is 12.8 Å². The summed E-state index contributed by atoms with van der Waals surface area (Å²) >= 11 is 0. The van der Waals surface area contributed by atoms with E-state index in [4.69, 9.17) is 9.15 Å². The third kappa shape index (κ3) is 4.13. The van der Waals surface area contributed by atoms with Gasteiger partial charge in [-0.3, -0.25) is 4.79 Å². The molecule has 3 atom stereocenters. The van der Waals surface area contributed by atoms with Gasteiger partial charge >= 0.3 is 5.63 Å². The molecule has 0 saturated carbocycles. The number of carboxylic acids is 1. The summed E-state index contributed by atoms with van der Waals surface area (Å²) in [5.74, 6) is -1.67. The van der Waals surface area contributed by atoms with Crippen LogP contribution in [0.5, 0.6) is 5.75 Å². The number of fused-ring (bicyclic) bond motifs is 3. The number of nitrogens with one attached hydrogen (secondary N) is 1. The van der Waals surface area contributed by atoms with E-state index >= 15 is 0 Å². The van der Waals surface area contributed by atoms with E-state index in [1.54, 1.807) is 26.0 Å². The van der Waals surface area contributed by atoms with Crippen molar-refractivity contribution < 1.29 is 23.8 Å². The quantitative estimate of drug-likeness (QED) is 0.708. The van der Waals surface area contributed by atoms with Crippen molar-refractivity contribution in [3.8, 4) is 5.75 Å². The molecule has 0 spiro atoms. The van der Waals surface area contributed by atoms with Gasteiger partial charge < -0.3 is 24.4 Å². The Morgan fingerprint density at radius 1 is 1.24 bits per heavy atom. The van der Waals surface area contributed by atoms with Gasteiger partial charge in [0.2, 0.25) is 0 Å². The van der Waals surface area contributed by atoms with Crippen LogP contribution in [-0.4, -0.2) is 24.0 Å². The lowest BCUT2D eigenvalue weighted by molar-refractivity contribution is -0.309. The lowest BCUT2D eigenvalue weighted by Crippen LogP contribution is -2.54. The van der Waals surface area contributed by atoms with Crippen molar-refractivity contribution in [2.45, 2.75) is 65.5 Å². The number of amides is 1. The molecule has 0 radical (unpaired) electrons. The first-order chi connectivity index (χ1) is 13.7. The molecule has 156 valence electrons. The van der Waals surface area contributed by atoms with E-state index in [2.05, 4.69) is 5.32 Å². The number of carbonyl (C=O) groups is 2. The lowest BCUT2D eigenvalue weighted by atomic mass is 9.99. The van der Waals surface area contributed by atoms with Crippen LogP contribution in [0.25, 0.3) is 11.0 Å². The van der Waals surface area contributed by atoms with Crippen LogP contribution in [0.15, 0.2) is 21.3 Å². The van der Waals surface area contributed by atoms with Crippen molar-refractivity contribution in [3.63, 3.8) is 0 Å². The zero-order valence-corrected chi connectivity index (χ0v) is 17.2. The fraction of sp³-hybridized carbons (Fsp3) is 0.500. The molecule has 2 aromatic rings. The summed E-state index contributed by atoms with van der Waals surface area (Å²) in [5.41, 5.74) is 2.51. The van der Waals surface area contributed by atoms with Gasteiger partial charge in [-0.25, -0.2) is 4.79 Å². The Kier molecular flexibility index (Phi) is 5.96. The Hall–Kier alpha value is -2.83. The zero-order chi connectivity index (χ0) is 21.3. The van der Waals surface area contributed by atoms with Crippen molar-refractivity contribution in [2.75, 3.05) is 0 Å². The summed E-state index contributed by atoms with van der Waals surface area (Å²) in [6.07, 6.45) is 1.93. The van der Waals surface area contributed by atoms with Crippen LogP contribution in [0.3, 0.4) is 0 Å². The summed E-state index contributed by atoms with van der Waals surface area (Å²) in [4.78, 5) is 36.2. The van der Waals surface area contributed by atoms with Crippen molar-refractivity contribution in [3.05, 3.63) is 39.2 Å². The number of carboxylic acid groups (broad SMARTS) is 1. The highest BCUT2D eigenvalue weighted by molar-refractivity contribution is 5.90. The number of aliphatic carboxylic acids is 1. The van der Waals surface area contributed by atoms with Crippen LogP contribution in [0.2, 0.25) is 0 Å². The molecule has 1 aromatic carbocycles. The minimum atomic E-state index is -1.32. The fourth-order valence-corrected chi connectivity index (χ4v) is 3.78. The Labute approximate surface area is 169 Å². The molecule has 3 rings (SSSR count). The molecule has 0 saturated heterocycles. The first-order valence-electron chi connectivity index (χ1n) is 10.00. The maximum Gasteiger partial charge on any atom is 0.339 e. The molecule has 0 bridgehead atoms. The second kappa shape index (κ2) is 8.27. The van der Waals surface area contributed by atoms with Gasteiger partial charge in [0.25, 0.3) is 5.91 Å². The predicted octanol–water partition coefficient (Wildman–Crippen LogP) is 1.64. The minimum Gasteiger partial charge on any atom is -0.548 e. The first-order valence-corrected chi connectivity index (χ1v) is 10.00. The van der Waals surface area contributed by atoms with Gasteiger partial charge in [-0.2, -0.15) is 0 Å². The van der Waals surface area contributed by atoms with Gasteiger partial charge in [0, 0.05) is 5.56 Å². The van der Waals surface area contributed by atoms with E-state index in [0.717, 1.165) is 24.0 Å². The third-order valence-electron chi connectivity index (χ3n) is 5.62. The smallest absolute Gasteiger partial charge is 0.339 e. The number of aryl methyl sites for hydroxylation is 2. The molecule has 7 nitrogen and oxygen atoms in total. The van der Waals surface area contributed by atoms with E-state index in [1.165, 1.54) is 0 Å². The summed E-state index contributed by atoms with van der Waals surface area (Å²) in [5, 5.41) is 14.6. The highest BCUT2D eigenvalue weighted by atomic mass is 16.5. The summed E-state index contributed by atoms with van der Waals surface area (Å²) in [6.45, 7) is 7.00. The molecule has 1 aliphatic carbocycles. The molecule has 1 N–H and O–H groups in total. The van der Waals surface area contributed by atoms with Gasteiger partial charge in [0.1, 0.15) is 11.3 Å². The largest absolute Gasteiger partial charge is 0.548 e. The monoisotopic (exact) mass is 400 g/mol. The first kappa shape index (κ1) is 20.9. The van der Waals surface area contributed by atoms with E-state index in [1.807, 2.05) is 13.8 Å². The average Bonchev–Trinajstić information content (AvgIpc) is 3.14. The third-order valence-corrected chi connectivity index (χ3v) is 5.62. The topological polar surface area (TPSA) is 109 Å². The molecule has 1 amide bonds. The predicted molar refractivity (Wildman–Crippen MR) is 106 cm³/mol. The molecule has 1 aliphatic rings. The zero-order valence-electron chi connectivity index (χ0n) is 17.2. The molecular formula is C22H26NO6-. The number of ether oxygens (including phenoxy) is 1. The van der Waals surface area contributed by atoms with Crippen LogP contribution in [-0.2, 0) is 22.4 Å². The highest BCUT2D eigenvalue weighted by Gasteiger charge is 2.26. The number of hydrogen-bond acceptors (Lipinski definition) is 6. The molecule has 0 fully saturated rings. The van der Waals surface area contributed by atoms with Gasteiger partial charge in [0.05, 0.1) is 17.4 Å². The second-order valence-electron chi connectivity index (χ2n) is 7.79. The lowest BCUT2D eigenvalue weighted by Gasteiger charge is -2.27. The van der Waals surface area contributed by atoms with Crippen molar-refractivity contribution in [1.29, 1.82) is 0 Å². The van der Waals surface area contributed by atoms with Crippen LogP contribution in [0.4, 0.5) is 0 Å². The molecule has 0 aliphatic heterocycles. The molecule has 29 heavy (non-hydrogen) atoms.